The van der Waals surface area contributed by atoms with Crippen molar-refractivity contribution in [2.75, 3.05) is 11.9 Å². The summed E-state index contributed by atoms with van der Waals surface area (Å²) in [7, 11) is 0. The highest BCUT2D eigenvalue weighted by molar-refractivity contribution is 5.95. The van der Waals surface area contributed by atoms with Crippen molar-refractivity contribution in [2.45, 2.75) is 25.8 Å². The van der Waals surface area contributed by atoms with Crippen LogP contribution in [0.2, 0.25) is 0 Å². The van der Waals surface area contributed by atoms with Crippen molar-refractivity contribution in [1.82, 2.24) is 10.3 Å². The van der Waals surface area contributed by atoms with Crippen molar-refractivity contribution in [3.05, 3.63) is 36.9 Å². The normalized spacial score (nSPS) is 22.0. The second-order valence-electron chi connectivity index (χ2n) is 5.57. The third kappa shape index (κ3) is 3.31. The Balaban J connectivity index is 1.63. The van der Waals surface area contributed by atoms with Crippen molar-refractivity contribution in [3.8, 4) is 11.3 Å². The molecule has 21 heavy (non-hydrogen) atoms. The van der Waals surface area contributed by atoms with Crippen LogP contribution < -0.4 is 10.6 Å². The molecule has 1 aromatic heterocycles. The van der Waals surface area contributed by atoms with Gasteiger partial charge in [-0.05, 0) is 49.6 Å². The maximum Gasteiger partial charge on any atom is 0.241 e. The number of nitrogens with one attached hydrogen (secondary N) is 2. The number of rotatable bonds is 3. The van der Waals surface area contributed by atoms with E-state index in [0.717, 1.165) is 36.4 Å². The zero-order valence-electron chi connectivity index (χ0n) is 12.0. The number of carbonyl (C=O) groups is 1. The third-order valence-electron chi connectivity index (χ3n) is 3.85. The minimum atomic E-state index is -0.0947. The molecule has 5 heteroatoms. The van der Waals surface area contributed by atoms with Gasteiger partial charge in [0.15, 0.2) is 12.2 Å². The summed E-state index contributed by atoms with van der Waals surface area (Å²) in [5, 5.41) is 6.22. The summed E-state index contributed by atoms with van der Waals surface area (Å²) in [6, 6.07) is 7.48. The monoisotopic (exact) mass is 285 g/mol. The summed E-state index contributed by atoms with van der Waals surface area (Å²) >= 11 is 0. The number of hydrogen-bond donors (Lipinski definition) is 2. The molecule has 2 N–H and O–H groups in total. The Morgan fingerprint density at radius 2 is 2.19 bits per heavy atom. The number of carbonyl (C=O) groups excluding carboxylic acids is 1. The van der Waals surface area contributed by atoms with Gasteiger partial charge in [-0.3, -0.25) is 4.79 Å². The largest absolute Gasteiger partial charge is 0.444 e. The number of oxazole rings is 1. The molecule has 2 atom stereocenters. The van der Waals surface area contributed by atoms with Crippen LogP contribution in [0.15, 0.2) is 41.3 Å². The molecule has 0 bridgehead atoms. The molecule has 1 aliphatic heterocycles. The summed E-state index contributed by atoms with van der Waals surface area (Å²) < 4.78 is 5.24. The van der Waals surface area contributed by atoms with Crippen LogP contribution in [0.25, 0.3) is 11.3 Å². The van der Waals surface area contributed by atoms with Gasteiger partial charge in [0, 0.05) is 11.3 Å². The van der Waals surface area contributed by atoms with Gasteiger partial charge in [-0.2, -0.15) is 0 Å². The van der Waals surface area contributed by atoms with Crippen molar-refractivity contribution >= 4 is 11.6 Å². The Labute approximate surface area is 123 Å². The molecule has 1 fully saturated rings. The van der Waals surface area contributed by atoms with E-state index in [-0.39, 0.29) is 11.9 Å². The maximum atomic E-state index is 12.2. The lowest BCUT2D eigenvalue weighted by molar-refractivity contribution is -0.119. The van der Waals surface area contributed by atoms with Crippen LogP contribution in [0.3, 0.4) is 0 Å². The number of piperidine rings is 1. The summed E-state index contributed by atoms with van der Waals surface area (Å²) in [6.07, 6.45) is 5.10. The van der Waals surface area contributed by atoms with Crippen LogP contribution in [0.4, 0.5) is 5.69 Å². The molecule has 0 spiro atoms. The van der Waals surface area contributed by atoms with Crippen molar-refractivity contribution in [1.29, 1.82) is 0 Å². The fourth-order valence-corrected chi connectivity index (χ4v) is 2.61. The molecule has 1 amide bonds. The Morgan fingerprint density at radius 3 is 2.86 bits per heavy atom. The number of amides is 1. The van der Waals surface area contributed by atoms with E-state index in [0.29, 0.717) is 5.92 Å². The Hall–Kier alpha value is -2.14. The zero-order valence-corrected chi connectivity index (χ0v) is 12.0. The lowest BCUT2D eigenvalue weighted by Gasteiger charge is -2.27. The van der Waals surface area contributed by atoms with Crippen LogP contribution in [-0.2, 0) is 4.79 Å². The van der Waals surface area contributed by atoms with Crippen LogP contribution >= 0.6 is 0 Å². The van der Waals surface area contributed by atoms with E-state index < -0.39 is 0 Å². The van der Waals surface area contributed by atoms with E-state index in [1.807, 2.05) is 24.3 Å². The minimum Gasteiger partial charge on any atom is -0.444 e. The lowest BCUT2D eigenvalue weighted by atomic mass is 9.94. The van der Waals surface area contributed by atoms with Gasteiger partial charge in [-0.25, -0.2) is 4.98 Å². The van der Waals surface area contributed by atoms with E-state index in [1.54, 1.807) is 6.20 Å². The molecule has 3 rings (SSSR count). The summed E-state index contributed by atoms with van der Waals surface area (Å²) in [5.41, 5.74) is 1.73. The third-order valence-corrected chi connectivity index (χ3v) is 3.85. The highest BCUT2D eigenvalue weighted by Crippen LogP contribution is 2.21. The highest BCUT2D eigenvalue weighted by Gasteiger charge is 2.24. The molecular weight excluding hydrogens is 266 g/mol. The molecule has 1 aliphatic rings. The molecule has 0 saturated carbocycles. The number of anilines is 1. The maximum absolute atomic E-state index is 12.2. The molecule has 2 unspecified atom stereocenters. The quantitative estimate of drug-likeness (QED) is 0.910. The fraction of sp³-hybridized carbons (Fsp3) is 0.375. The van der Waals surface area contributed by atoms with Gasteiger partial charge in [-0.1, -0.05) is 6.92 Å². The van der Waals surface area contributed by atoms with E-state index in [2.05, 4.69) is 22.5 Å². The molecule has 0 radical (unpaired) electrons. The smallest absolute Gasteiger partial charge is 0.241 e. The fourth-order valence-electron chi connectivity index (χ4n) is 2.61. The second kappa shape index (κ2) is 6.10. The van der Waals surface area contributed by atoms with E-state index >= 15 is 0 Å². The Kier molecular flexibility index (Phi) is 4.01. The van der Waals surface area contributed by atoms with Crippen molar-refractivity contribution in [2.24, 2.45) is 5.92 Å². The van der Waals surface area contributed by atoms with Gasteiger partial charge in [-0.15, -0.1) is 0 Å². The van der Waals surface area contributed by atoms with Gasteiger partial charge in [0.05, 0.1) is 12.2 Å². The molecule has 5 nitrogen and oxygen atoms in total. The molecular formula is C16H19N3O2. The predicted molar refractivity (Wildman–Crippen MR) is 80.8 cm³/mol. The number of nitrogens with zero attached hydrogens (tertiary/aromatic N) is 1. The first-order valence-corrected chi connectivity index (χ1v) is 7.25. The highest BCUT2D eigenvalue weighted by atomic mass is 16.3. The Morgan fingerprint density at radius 1 is 1.38 bits per heavy atom. The molecule has 0 aliphatic carbocycles. The van der Waals surface area contributed by atoms with Crippen molar-refractivity contribution in [3.63, 3.8) is 0 Å². The van der Waals surface area contributed by atoms with E-state index in [1.165, 1.54) is 6.39 Å². The Bertz CT molecular complexity index is 592. The van der Waals surface area contributed by atoms with E-state index in [4.69, 9.17) is 4.42 Å². The molecule has 110 valence electrons. The summed E-state index contributed by atoms with van der Waals surface area (Å²) in [5.74, 6) is 1.35. The predicted octanol–water partition coefficient (Wildman–Crippen LogP) is 2.67. The molecule has 1 saturated heterocycles. The average molecular weight is 285 g/mol. The van der Waals surface area contributed by atoms with Gasteiger partial charge in [0.1, 0.15) is 0 Å². The molecule has 1 aromatic carbocycles. The topological polar surface area (TPSA) is 67.2 Å². The van der Waals surface area contributed by atoms with Gasteiger partial charge in [0.25, 0.3) is 0 Å². The molecule has 2 heterocycles. The summed E-state index contributed by atoms with van der Waals surface area (Å²) in [6.45, 7) is 3.09. The first-order chi connectivity index (χ1) is 10.2. The van der Waals surface area contributed by atoms with Gasteiger partial charge < -0.3 is 15.1 Å². The van der Waals surface area contributed by atoms with Crippen LogP contribution in [0.1, 0.15) is 19.8 Å². The number of aromatic nitrogens is 1. The molecule has 2 aromatic rings. The van der Waals surface area contributed by atoms with E-state index in [9.17, 15) is 4.79 Å². The van der Waals surface area contributed by atoms with Gasteiger partial charge in [0.2, 0.25) is 5.91 Å². The standard InChI is InChI=1S/C16H19N3O2/c1-11-6-7-18-14(8-11)16(20)19-13-4-2-12(3-5-13)15-9-17-10-21-15/h2-5,9-11,14,18H,6-8H2,1H3,(H,19,20). The second-order valence-corrected chi connectivity index (χ2v) is 5.57. The SMILES string of the molecule is CC1CCNC(C(=O)Nc2ccc(-c3cnco3)cc2)C1. The average Bonchev–Trinajstić information content (AvgIpc) is 3.02. The number of benzene rings is 1. The first-order valence-electron chi connectivity index (χ1n) is 7.25. The lowest BCUT2D eigenvalue weighted by Crippen LogP contribution is -2.45. The zero-order chi connectivity index (χ0) is 14.7. The van der Waals surface area contributed by atoms with Crippen LogP contribution in [0.5, 0.6) is 0 Å². The van der Waals surface area contributed by atoms with Crippen molar-refractivity contribution < 1.29 is 9.21 Å². The minimum absolute atomic E-state index is 0.0361. The van der Waals surface area contributed by atoms with Crippen LogP contribution in [0, 0.1) is 5.92 Å². The van der Waals surface area contributed by atoms with Gasteiger partial charge >= 0.3 is 0 Å². The first kappa shape index (κ1) is 13.8. The number of hydrogen-bond acceptors (Lipinski definition) is 4. The summed E-state index contributed by atoms with van der Waals surface area (Å²) in [4.78, 5) is 16.1. The van der Waals surface area contributed by atoms with Crippen LogP contribution in [-0.4, -0.2) is 23.5 Å².